The second kappa shape index (κ2) is 4.89. The van der Waals surface area contributed by atoms with E-state index in [-0.39, 0.29) is 6.10 Å². The molecule has 4 heteroatoms. The van der Waals surface area contributed by atoms with Gasteiger partial charge in [0.15, 0.2) is 11.6 Å². The average molecular weight is 227 g/mol. The molecule has 1 aliphatic rings. The van der Waals surface area contributed by atoms with Crippen molar-refractivity contribution in [1.82, 2.24) is 5.32 Å². The van der Waals surface area contributed by atoms with E-state index < -0.39 is 11.6 Å². The maximum absolute atomic E-state index is 13.0. The fraction of sp³-hybridized carbons (Fsp3) is 0.500. The van der Waals surface area contributed by atoms with Crippen molar-refractivity contribution < 1.29 is 13.5 Å². The lowest BCUT2D eigenvalue weighted by atomic mass is 10.1. The van der Waals surface area contributed by atoms with Crippen LogP contribution in [-0.2, 0) is 4.74 Å². The van der Waals surface area contributed by atoms with E-state index in [0.29, 0.717) is 24.8 Å². The Bertz CT molecular complexity index is 362. The monoisotopic (exact) mass is 227 g/mol. The van der Waals surface area contributed by atoms with Crippen LogP contribution in [0.15, 0.2) is 18.2 Å². The second-order valence-corrected chi connectivity index (χ2v) is 4.01. The molecule has 88 valence electrons. The van der Waals surface area contributed by atoms with Gasteiger partial charge < -0.3 is 10.1 Å². The van der Waals surface area contributed by atoms with Crippen molar-refractivity contribution in [2.75, 3.05) is 13.2 Å². The van der Waals surface area contributed by atoms with Gasteiger partial charge in [-0.05, 0) is 24.1 Å². The van der Waals surface area contributed by atoms with Crippen LogP contribution >= 0.6 is 0 Å². The fourth-order valence-corrected chi connectivity index (χ4v) is 1.81. The Kier molecular flexibility index (Phi) is 3.51. The van der Waals surface area contributed by atoms with Crippen LogP contribution < -0.4 is 5.32 Å². The summed E-state index contributed by atoms with van der Waals surface area (Å²) in [5.41, 5.74) is 0.681. The first-order valence-electron chi connectivity index (χ1n) is 5.50. The van der Waals surface area contributed by atoms with Gasteiger partial charge in [0.1, 0.15) is 0 Å². The van der Waals surface area contributed by atoms with Crippen molar-refractivity contribution in [3.8, 4) is 0 Å². The molecule has 1 fully saturated rings. The molecule has 2 atom stereocenters. The van der Waals surface area contributed by atoms with E-state index in [4.69, 9.17) is 4.74 Å². The highest BCUT2D eigenvalue weighted by Crippen LogP contribution is 2.22. The third-order valence-corrected chi connectivity index (χ3v) is 2.90. The lowest BCUT2D eigenvalue weighted by molar-refractivity contribution is 0.00203. The molecular weight excluding hydrogens is 212 g/mol. The maximum atomic E-state index is 13.0. The lowest BCUT2D eigenvalue weighted by Gasteiger charge is -2.30. The summed E-state index contributed by atoms with van der Waals surface area (Å²) in [6, 6.07) is 4.27. The third kappa shape index (κ3) is 2.39. The zero-order valence-corrected chi connectivity index (χ0v) is 9.17. The van der Waals surface area contributed by atoms with Crippen molar-refractivity contribution in [3.05, 3.63) is 35.4 Å². The van der Waals surface area contributed by atoms with E-state index in [1.165, 1.54) is 6.07 Å². The molecule has 1 saturated heterocycles. The minimum Gasteiger partial charge on any atom is -0.371 e. The number of rotatable bonds is 2. The predicted octanol–water partition coefficient (Wildman–Crippen LogP) is 2.40. The first kappa shape index (κ1) is 11.5. The van der Waals surface area contributed by atoms with Crippen molar-refractivity contribution in [2.45, 2.75) is 25.5 Å². The van der Waals surface area contributed by atoms with Crippen LogP contribution in [0.25, 0.3) is 0 Å². The summed E-state index contributed by atoms with van der Waals surface area (Å²) in [6.45, 7) is 3.34. The minimum absolute atomic E-state index is 0.183. The van der Waals surface area contributed by atoms with Gasteiger partial charge in [0, 0.05) is 12.6 Å². The third-order valence-electron chi connectivity index (χ3n) is 2.90. The largest absolute Gasteiger partial charge is 0.371 e. The topological polar surface area (TPSA) is 21.3 Å². The summed E-state index contributed by atoms with van der Waals surface area (Å²) in [6.07, 6.45) is 0.822. The van der Waals surface area contributed by atoms with Crippen LogP contribution in [0.5, 0.6) is 0 Å². The minimum atomic E-state index is -0.821. The van der Waals surface area contributed by atoms with Crippen molar-refractivity contribution in [1.29, 1.82) is 0 Å². The van der Waals surface area contributed by atoms with E-state index in [0.717, 1.165) is 12.5 Å². The Labute approximate surface area is 93.6 Å². The van der Waals surface area contributed by atoms with E-state index in [1.807, 2.05) is 0 Å². The highest BCUT2D eigenvalue weighted by Gasteiger charge is 2.21. The van der Waals surface area contributed by atoms with Crippen molar-refractivity contribution in [3.63, 3.8) is 0 Å². The number of halogens is 2. The van der Waals surface area contributed by atoms with Crippen LogP contribution in [0.2, 0.25) is 0 Å². The fourth-order valence-electron chi connectivity index (χ4n) is 1.81. The zero-order chi connectivity index (χ0) is 11.5. The Balaban J connectivity index is 2.05. The van der Waals surface area contributed by atoms with Crippen LogP contribution in [0, 0.1) is 11.6 Å². The molecule has 2 unspecified atom stereocenters. The van der Waals surface area contributed by atoms with Gasteiger partial charge >= 0.3 is 0 Å². The lowest BCUT2D eigenvalue weighted by Crippen LogP contribution is -2.42. The second-order valence-electron chi connectivity index (χ2n) is 4.01. The molecule has 0 bridgehead atoms. The Morgan fingerprint density at radius 3 is 2.75 bits per heavy atom. The summed E-state index contributed by atoms with van der Waals surface area (Å²) >= 11 is 0. The van der Waals surface area contributed by atoms with Gasteiger partial charge in [-0.1, -0.05) is 13.0 Å². The molecule has 0 amide bonds. The van der Waals surface area contributed by atoms with Gasteiger partial charge in [0.05, 0.1) is 12.7 Å². The highest BCUT2D eigenvalue weighted by molar-refractivity contribution is 5.21. The molecular formula is C12H15F2NO. The van der Waals surface area contributed by atoms with Crippen molar-refractivity contribution in [2.24, 2.45) is 0 Å². The van der Waals surface area contributed by atoms with E-state index >= 15 is 0 Å². The smallest absolute Gasteiger partial charge is 0.159 e. The predicted molar refractivity (Wildman–Crippen MR) is 57.1 cm³/mol. The summed E-state index contributed by atoms with van der Waals surface area (Å²) < 4.78 is 31.4. The molecule has 0 spiro atoms. The van der Waals surface area contributed by atoms with Gasteiger partial charge in [-0.15, -0.1) is 0 Å². The summed E-state index contributed by atoms with van der Waals surface area (Å²) in [5.74, 6) is -1.64. The van der Waals surface area contributed by atoms with Crippen LogP contribution in [0.4, 0.5) is 8.78 Å². The van der Waals surface area contributed by atoms with E-state index in [2.05, 4.69) is 12.2 Å². The Morgan fingerprint density at radius 2 is 2.19 bits per heavy atom. The molecule has 2 nitrogen and oxygen atoms in total. The van der Waals surface area contributed by atoms with Crippen LogP contribution in [0.1, 0.15) is 25.0 Å². The normalized spacial score (nSPS) is 25.7. The number of benzene rings is 1. The van der Waals surface area contributed by atoms with Gasteiger partial charge in [0.25, 0.3) is 0 Å². The first-order chi connectivity index (χ1) is 7.70. The molecule has 1 heterocycles. The standard InChI is InChI=1S/C12H15F2NO/c1-2-9-7-16-12(6-15-9)8-3-4-10(13)11(14)5-8/h3-5,9,12,15H,2,6-7H2,1H3. The Hall–Kier alpha value is -1.00. The van der Waals surface area contributed by atoms with Gasteiger partial charge in [-0.2, -0.15) is 0 Å². The van der Waals surface area contributed by atoms with Gasteiger partial charge in [-0.25, -0.2) is 8.78 Å². The molecule has 0 radical (unpaired) electrons. The number of morpholine rings is 1. The summed E-state index contributed by atoms with van der Waals surface area (Å²) in [5, 5.41) is 3.31. The molecule has 1 aliphatic heterocycles. The average Bonchev–Trinajstić information content (AvgIpc) is 2.33. The molecule has 16 heavy (non-hydrogen) atoms. The van der Waals surface area contributed by atoms with Crippen LogP contribution in [-0.4, -0.2) is 19.2 Å². The van der Waals surface area contributed by atoms with E-state index in [9.17, 15) is 8.78 Å². The summed E-state index contributed by atoms with van der Waals surface area (Å²) in [4.78, 5) is 0. The van der Waals surface area contributed by atoms with Gasteiger partial charge in [-0.3, -0.25) is 0 Å². The molecule has 1 N–H and O–H groups in total. The number of hydrogen-bond acceptors (Lipinski definition) is 2. The molecule has 1 aromatic carbocycles. The quantitative estimate of drug-likeness (QED) is 0.837. The van der Waals surface area contributed by atoms with Crippen molar-refractivity contribution >= 4 is 0 Å². The molecule has 2 rings (SSSR count). The number of ether oxygens (including phenoxy) is 1. The first-order valence-corrected chi connectivity index (χ1v) is 5.50. The Morgan fingerprint density at radius 1 is 1.38 bits per heavy atom. The molecule has 0 aromatic heterocycles. The summed E-state index contributed by atoms with van der Waals surface area (Å²) in [7, 11) is 0. The van der Waals surface area contributed by atoms with E-state index in [1.54, 1.807) is 6.07 Å². The maximum Gasteiger partial charge on any atom is 0.159 e. The number of hydrogen-bond donors (Lipinski definition) is 1. The zero-order valence-electron chi connectivity index (χ0n) is 9.17. The SMILES string of the molecule is CCC1COC(c2ccc(F)c(F)c2)CN1. The molecule has 0 aliphatic carbocycles. The molecule has 0 saturated carbocycles. The van der Waals surface area contributed by atoms with Crippen LogP contribution in [0.3, 0.4) is 0 Å². The molecule has 1 aromatic rings. The van der Waals surface area contributed by atoms with Gasteiger partial charge in [0.2, 0.25) is 0 Å². The number of nitrogens with one attached hydrogen (secondary N) is 1. The highest BCUT2D eigenvalue weighted by atomic mass is 19.2.